The molecular weight excluding hydrogens is 150 g/mol. The summed E-state index contributed by atoms with van der Waals surface area (Å²) in [4.78, 5) is 3.96. The monoisotopic (exact) mass is 155 g/mol. The standard InChI is InChI=1S/C6H5NS2/c8-6(9)5-3-1-2-4-7-5/h1-4H,(H,8,9). The van der Waals surface area contributed by atoms with Gasteiger partial charge in [-0.15, -0.1) is 12.6 Å². The van der Waals surface area contributed by atoms with Crippen molar-refractivity contribution in [3.8, 4) is 0 Å². The van der Waals surface area contributed by atoms with Crippen LogP contribution < -0.4 is 0 Å². The van der Waals surface area contributed by atoms with Gasteiger partial charge in [-0.2, -0.15) is 0 Å². The van der Waals surface area contributed by atoms with Crippen molar-refractivity contribution < 1.29 is 0 Å². The first-order valence-corrected chi connectivity index (χ1v) is 3.30. The van der Waals surface area contributed by atoms with E-state index < -0.39 is 0 Å². The van der Waals surface area contributed by atoms with Crippen LogP contribution in [0.5, 0.6) is 0 Å². The predicted molar refractivity (Wildman–Crippen MR) is 44.9 cm³/mol. The molecule has 0 saturated carbocycles. The van der Waals surface area contributed by atoms with Gasteiger partial charge < -0.3 is 0 Å². The molecule has 0 aliphatic heterocycles. The number of hydrogen-bond acceptors (Lipinski definition) is 2. The molecule has 1 heterocycles. The van der Waals surface area contributed by atoms with Gasteiger partial charge in [-0.3, -0.25) is 4.98 Å². The molecule has 1 rings (SSSR count). The molecule has 1 aromatic heterocycles. The molecule has 1 aromatic rings. The van der Waals surface area contributed by atoms with Crippen LogP contribution in [0.15, 0.2) is 24.4 Å². The van der Waals surface area contributed by atoms with Crippen LogP contribution in [-0.2, 0) is 0 Å². The van der Waals surface area contributed by atoms with Gasteiger partial charge in [0.25, 0.3) is 0 Å². The Morgan fingerprint density at radius 1 is 1.56 bits per heavy atom. The zero-order chi connectivity index (χ0) is 6.69. The first kappa shape index (κ1) is 6.71. The Bertz CT molecular complexity index is 208. The molecule has 0 atom stereocenters. The third kappa shape index (κ3) is 1.77. The van der Waals surface area contributed by atoms with E-state index in [2.05, 4.69) is 17.6 Å². The molecule has 0 aromatic carbocycles. The molecule has 0 bridgehead atoms. The Morgan fingerprint density at radius 2 is 2.33 bits per heavy atom. The highest BCUT2D eigenvalue weighted by Crippen LogP contribution is 1.98. The number of pyridine rings is 1. The van der Waals surface area contributed by atoms with Crippen molar-refractivity contribution in [1.82, 2.24) is 4.98 Å². The molecule has 0 fully saturated rings. The van der Waals surface area contributed by atoms with Crippen molar-refractivity contribution >= 4 is 29.0 Å². The third-order valence-electron chi connectivity index (χ3n) is 0.884. The first-order valence-electron chi connectivity index (χ1n) is 2.45. The number of thiol groups is 1. The second-order valence-corrected chi connectivity index (χ2v) is 2.68. The van der Waals surface area contributed by atoms with E-state index in [4.69, 9.17) is 12.2 Å². The summed E-state index contributed by atoms with van der Waals surface area (Å²) < 4.78 is 0.538. The Hall–Kier alpha value is -0.410. The summed E-state index contributed by atoms with van der Waals surface area (Å²) >= 11 is 8.72. The Labute approximate surface area is 64.5 Å². The lowest BCUT2D eigenvalue weighted by molar-refractivity contribution is 1.31. The van der Waals surface area contributed by atoms with Crippen LogP contribution in [0.4, 0.5) is 0 Å². The number of aromatic nitrogens is 1. The third-order valence-corrected chi connectivity index (χ3v) is 1.32. The highest BCUT2D eigenvalue weighted by Gasteiger charge is 1.91. The zero-order valence-corrected chi connectivity index (χ0v) is 6.32. The van der Waals surface area contributed by atoms with Crippen molar-refractivity contribution in [3.63, 3.8) is 0 Å². The highest BCUT2D eigenvalue weighted by atomic mass is 32.1. The van der Waals surface area contributed by atoms with Crippen molar-refractivity contribution in [3.05, 3.63) is 30.1 Å². The molecule has 1 nitrogen and oxygen atoms in total. The lowest BCUT2D eigenvalue weighted by Gasteiger charge is -1.90. The minimum absolute atomic E-state index is 0.538. The summed E-state index contributed by atoms with van der Waals surface area (Å²) in [6.45, 7) is 0. The Kier molecular flexibility index (Phi) is 2.19. The molecule has 0 amide bonds. The van der Waals surface area contributed by atoms with Crippen LogP contribution in [0.25, 0.3) is 0 Å². The molecular formula is C6H5NS2. The van der Waals surface area contributed by atoms with Crippen LogP contribution in [0.1, 0.15) is 5.69 Å². The topological polar surface area (TPSA) is 12.9 Å². The maximum Gasteiger partial charge on any atom is 0.0932 e. The van der Waals surface area contributed by atoms with Gasteiger partial charge in [-0.25, -0.2) is 0 Å². The number of nitrogens with zero attached hydrogens (tertiary/aromatic N) is 1. The van der Waals surface area contributed by atoms with Crippen molar-refractivity contribution in [2.75, 3.05) is 0 Å². The maximum atomic E-state index is 4.76. The van der Waals surface area contributed by atoms with E-state index in [1.807, 2.05) is 18.2 Å². The quantitative estimate of drug-likeness (QED) is 0.489. The lowest BCUT2D eigenvalue weighted by Crippen LogP contribution is -1.88. The van der Waals surface area contributed by atoms with Crippen LogP contribution in [-0.4, -0.2) is 9.18 Å². The SMILES string of the molecule is S=C(S)c1ccccn1. The minimum atomic E-state index is 0.538. The van der Waals surface area contributed by atoms with Crippen LogP contribution >= 0.6 is 24.8 Å². The molecule has 0 spiro atoms. The van der Waals surface area contributed by atoms with E-state index in [9.17, 15) is 0 Å². The van der Waals surface area contributed by atoms with E-state index in [1.54, 1.807) is 6.20 Å². The van der Waals surface area contributed by atoms with Crippen molar-refractivity contribution in [2.24, 2.45) is 0 Å². The second kappa shape index (κ2) is 2.94. The van der Waals surface area contributed by atoms with Gasteiger partial charge in [0.1, 0.15) is 0 Å². The molecule has 46 valence electrons. The smallest absolute Gasteiger partial charge is 0.0932 e. The summed E-state index contributed by atoms with van der Waals surface area (Å²) in [5, 5.41) is 0. The second-order valence-electron chi connectivity index (χ2n) is 1.52. The van der Waals surface area contributed by atoms with Crippen LogP contribution in [0.3, 0.4) is 0 Å². The largest absolute Gasteiger partial charge is 0.255 e. The minimum Gasteiger partial charge on any atom is -0.255 e. The zero-order valence-electron chi connectivity index (χ0n) is 4.61. The van der Waals surface area contributed by atoms with Gasteiger partial charge in [0.05, 0.1) is 9.89 Å². The molecule has 0 radical (unpaired) electrons. The van der Waals surface area contributed by atoms with Gasteiger partial charge in [-0.1, -0.05) is 18.3 Å². The maximum absolute atomic E-state index is 4.76. The molecule has 0 saturated heterocycles. The average molecular weight is 155 g/mol. The fourth-order valence-electron chi connectivity index (χ4n) is 0.489. The molecule has 0 unspecified atom stereocenters. The van der Waals surface area contributed by atoms with Crippen LogP contribution in [0, 0.1) is 0 Å². The van der Waals surface area contributed by atoms with Crippen LogP contribution in [0.2, 0.25) is 0 Å². The van der Waals surface area contributed by atoms with E-state index in [-0.39, 0.29) is 0 Å². The summed E-state index contributed by atoms with van der Waals surface area (Å²) in [5.74, 6) is 0. The Balaban J connectivity index is 2.98. The van der Waals surface area contributed by atoms with E-state index >= 15 is 0 Å². The first-order chi connectivity index (χ1) is 4.30. The number of thiocarbonyl (C=S) groups is 1. The van der Waals surface area contributed by atoms with Gasteiger partial charge in [-0.05, 0) is 12.1 Å². The summed E-state index contributed by atoms with van der Waals surface area (Å²) in [7, 11) is 0. The van der Waals surface area contributed by atoms with Gasteiger partial charge in [0.2, 0.25) is 0 Å². The average Bonchev–Trinajstić information content (AvgIpc) is 1.90. The molecule has 9 heavy (non-hydrogen) atoms. The van der Waals surface area contributed by atoms with Gasteiger partial charge >= 0.3 is 0 Å². The Morgan fingerprint density at radius 3 is 2.67 bits per heavy atom. The molecule has 0 aliphatic carbocycles. The predicted octanol–water partition coefficient (Wildman–Crippen LogP) is 1.69. The van der Waals surface area contributed by atoms with E-state index in [0.29, 0.717) is 4.20 Å². The van der Waals surface area contributed by atoms with E-state index in [1.165, 1.54) is 0 Å². The van der Waals surface area contributed by atoms with Gasteiger partial charge in [0.15, 0.2) is 0 Å². The molecule has 3 heteroatoms. The van der Waals surface area contributed by atoms with Crippen molar-refractivity contribution in [2.45, 2.75) is 0 Å². The summed E-state index contributed by atoms with van der Waals surface area (Å²) in [6.07, 6.45) is 1.69. The molecule has 0 N–H and O–H groups in total. The summed E-state index contributed by atoms with van der Waals surface area (Å²) in [5.41, 5.74) is 0.760. The molecule has 0 aliphatic rings. The normalized spacial score (nSPS) is 9.00. The lowest BCUT2D eigenvalue weighted by atomic mass is 10.4. The fourth-order valence-corrected chi connectivity index (χ4v) is 0.742. The van der Waals surface area contributed by atoms with E-state index in [0.717, 1.165) is 5.69 Å². The number of hydrogen-bond donors (Lipinski definition) is 1. The number of rotatable bonds is 1. The highest BCUT2D eigenvalue weighted by molar-refractivity contribution is 8.11. The fraction of sp³-hybridized carbons (Fsp3) is 0. The summed E-state index contributed by atoms with van der Waals surface area (Å²) in [6, 6.07) is 5.55. The van der Waals surface area contributed by atoms with Gasteiger partial charge in [0, 0.05) is 6.20 Å². The van der Waals surface area contributed by atoms with Crippen molar-refractivity contribution in [1.29, 1.82) is 0 Å².